The minimum atomic E-state index is -0.736. The van der Waals surface area contributed by atoms with E-state index in [1.807, 2.05) is 56.6 Å². The van der Waals surface area contributed by atoms with E-state index in [-0.39, 0.29) is 17.6 Å². The SMILES string of the molecule is CC(C)(C)OC(=O)c1cccc(CN2CN(c3ccc(F)cc3)C3(CCN(CCCN4C(=O)C(C)(C)C5=C4CCC=C5)CC3)C2=O)c1. The number of hydrogen-bond acceptors (Lipinski definition) is 6. The van der Waals surface area contributed by atoms with E-state index in [0.717, 1.165) is 55.7 Å². The molecule has 2 aromatic rings. The number of benzene rings is 2. The van der Waals surface area contributed by atoms with Gasteiger partial charge in [-0.1, -0.05) is 24.3 Å². The molecule has 2 saturated heterocycles. The number of nitrogens with zero attached hydrogens (tertiary/aromatic N) is 4. The lowest BCUT2D eigenvalue weighted by molar-refractivity contribution is -0.135. The molecule has 6 rings (SSSR count). The van der Waals surface area contributed by atoms with E-state index in [2.05, 4.69) is 22.0 Å². The van der Waals surface area contributed by atoms with E-state index >= 15 is 0 Å². The van der Waals surface area contributed by atoms with Crippen LogP contribution in [0.2, 0.25) is 0 Å². The van der Waals surface area contributed by atoms with Gasteiger partial charge in [0.25, 0.3) is 0 Å². The first-order valence-corrected chi connectivity index (χ1v) is 16.9. The first-order valence-electron chi connectivity index (χ1n) is 16.9. The molecule has 1 spiro atoms. The Bertz CT molecular complexity index is 1600. The molecule has 0 aromatic heterocycles. The zero-order valence-corrected chi connectivity index (χ0v) is 28.4. The van der Waals surface area contributed by atoms with Crippen LogP contribution in [-0.4, -0.2) is 76.5 Å². The Morgan fingerprint density at radius 2 is 1.70 bits per heavy atom. The Labute approximate surface area is 277 Å². The van der Waals surface area contributed by atoms with Gasteiger partial charge >= 0.3 is 5.97 Å². The number of anilines is 1. The quantitative estimate of drug-likeness (QED) is 0.316. The molecule has 0 N–H and O–H groups in total. The Morgan fingerprint density at radius 1 is 0.979 bits per heavy atom. The highest BCUT2D eigenvalue weighted by molar-refractivity contribution is 5.94. The fourth-order valence-electron chi connectivity index (χ4n) is 7.60. The molecular formula is C38H47FN4O4. The first-order chi connectivity index (χ1) is 22.3. The van der Waals surface area contributed by atoms with Crippen molar-refractivity contribution in [3.05, 3.63) is 88.9 Å². The van der Waals surface area contributed by atoms with Gasteiger partial charge in [-0.3, -0.25) is 9.59 Å². The molecule has 9 heteroatoms. The normalized spacial score (nSPS) is 20.9. The van der Waals surface area contributed by atoms with Crippen LogP contribution in [-0.2, 0) is 20.9 Å². The second-order valence-corrected chi connectivity index (χ2v) is 14.9. The molecular weight excluding hydrogens is 595 g/mol. The lowest BCUT2D eigenvalue weighted by Crippen LogP contribution is -2.56. The fraction of sp³-hybridized carbons (Fsp3) is 0.500. The fourth-order valence-corrected chi connectivity index (χ4v) is 7.60. The van der Waals surface area contributed by atoms with Gasteiger partial charge in [0, 0.05) is 37.6 Å². The zero-order chi connectivity index (χ0) is 33.6. The number of esters is 1. The van der Waals surface area contributed by atoms with Crippen molar-refractivity contribution >= 4 is 23.5 Å². The predicted octanol–water partition coefficient (Wildman–Crippen LogP) is 6.28. The summed E-state index contributed by atoms with van der Waals surface area (Å²) < 4.78 is 19.5. The average Bonchev–Trinajstić information content (AvgIpc) is 3.40. The van der Waals surface area contributed by atoms with E-state index in [1.165, 1.54) is 17.8 Å². The zero-order valence-electron chi connectivity index (χ0n) is 28.4. The minimum Gasteiger partial charge on any atom is -0.456 e. The van der Waals surface area contributed by atoms with Gasteiger partial charge in [0.15, 0.2) is 0 Å². The van der Waals surface area contributed by atoms with Crippen LogP contribution in [0.3, 0.4) is 0 Å². The number of halogens is 1. The van der Waals surface area contributed by atoms with Crippen molar-refractivity contribution in [2.75, 3.05) is 37.7 Å². The third kappa shape index (κ3) is 6.47. The van der Waals surface area contributed by atoms with E-state index in [9.17, 15) is 18.8 Å². The van der Waals surface area contributed by atoms with Gasteiger partial charge in [-0.25, -0.2) is 9.18 Å². The van der Waals surface area contributed by atoms with Crippen molar-refractivity contribution in [3.8, 4) is 0 Å². The average molecular weight is 643 g/mol. The summed E-state index contributed by atoms with van der Waals surface area (Å²) in [5.74, 6) is -0.464. The van der Waals surface area contributed by atoms with Crippen LogP contribution in [0.15, 0.2) is 72.0 Å². The summed E-state index contributed by atoms with van der Waals surface area (Å²) in [7, 11) is 0. The molecule has 47 heavy (non-hydrogen) atoms. The van der Waals surface area contributed by atoms with Crippen LogP contribution in [0.1, 0.15) is 82.6 Å². The lowest BCUT2D eigenvalue weighted by atomic mass is 9.83. The summed E-state index contributed by atoms with van der Waals surface area (Å²) in [6.45, 7) is 13.3. The van der Waals surface area contributed by atoms with Gasteiger partial charge in [0.05, 0.1) is 17.6 Å². The second kappa shape index (κ2) is 12.6. The standard InChI is InChI=1S/C38H47FN4O4/c1-36(2,3)47-33(44)28-11-8-10-27(24-28)25-41-26-43(30-16-14-29(39)15-17-30)38(35(41)46)18-22-40(23-19-38)20-9-21-42-32-13-7-6-12-31(32)37(4,5)34(42)45/h6,8,10-12,14-17,24H,7,9,13,18-23,25-26H2,1-5H3. The van der Waals surface area contributed by atoms with Gasteiger partial charge in [-0.2, -0.15) is 0 Å². The molecule has 250 valence electrons. The number of amides is 2. The van der Waals surface area contributed by atoms with E-state index < -0.39 is 22.5 Å². The van der Waals surface area contributed by atoms with Gasteiger partial charge in [-0.05, 0) is 121 Å². The highest BCUT2D eigenvalue weighted by Gasteiger charge is 2.53. The van der Waals surface area contributed by atoms with E-state index in [1.54, 1.807) is 24.3 Å². The van der Waals surface area contributed by atoms with E-state index in [4.69, 9.17) is 4.74 Å². The predicted molar refractivity (Wildman–Crippen MR) is 180 cm³/mol. The minimum absolute atomic E-state index is 0.0545. The number of carbonyl (C=O) groups excluding carboxylic acids is 3. The van der Waals surface area contributed by atoms with Gasteiger partial charge in [0.1, 0.15) is 17.0 Å². The largest absolute Gasteiger partial charge is 0.456 e. The third-order valence-corrected chi connectivity index (χ3v) is 10.0. The van der Waals surface area contributed by atoms with Crippen molar-refractivity contribution in [2.45, 2.75) is 84.4 Å². The summed E-state index contributed by atoms with van der Waals surface area (Å²) in [5.41, 5.74) is 2.65. The number of rotatable bonds is 8. The van der Waals surface area contributed by atoms with E-state index in [0.29, 0.717) is 38.2 Å². The molecule has 3 aliphatic heterocycles. The van der Waals surface area contributed by atoms with Crippen molar-refractivity contribution < 1.29 is 23.5 Å². The van der Waals surface area contributed by atoms with Crippen molar-refractivity contribution in [2.24, 2.45) is 5.41 Å². The first kappa shape index (κ1) is 32.9. The number of hydrogen-bond donors (Lipinski definition) is 0. The van der Waals surface area contributed by atoms with Crippen molar-refractivity contribution in [1.82, 2.24) is 14.7 Å². The van der Waals surface area contributed by atoms with Crippen LogP contribution >= 0.6 is 0 Å². The van der Waals surface area contributed by atoms with Gasteiger partial charge in [0.2, 0.25) is 11.8 Å². The molecule has 3 heterocycles. The molecule has 2 amide bonds. The number of allylic oxidation sites excluding steroid dienone is 3. The molecule has 2 fully saturated rings. The number of carbonyl (C=O) groups is 3. The van der Waals surface area contributed by atoms with Crippen LogP contribution in [0, 0.1) is 11.2 Å². The molecule has 1 aliphatic carbocycles. The van der Waals surface area contributed by atoms with Crippen LogP contribution in [0.5, 0.6) is 0 Å². The highest BCUT2D eigenvalue weighted by Crippen LogP contribution is 2.44. The highest BCUT2D eigenvalue weighted by atomic mass is 19.1. The molecule has 0 atom stereocenters. The van der Waals surface area contributed by atoms with Gasteiger partial charge < -0.3 is 24.3 Å². The smallest absolute Gasteiger partial charge is 0.338 e. The van der Waals surface area contributed by atoms with Crippen LogP contribution in [0.4, 0.5) is 10.1 Å². The molecule has 0 saturated carbocycles. The number of piperidine rings is 1. The summed E-state index contributed by atoms with van der Waals surface area (Å²) in [6.07, 6.45) is 8.34. The summed E-state index contributed by atoms with van der Waals surface area (Å²) in [6, 6.07) is 13.7. The number of ether oxygens (including phenoxy) is 1. The molecule has 0 unspecified atom stereocenters. The summed E-state index contributed by atoms with van der Waals surface area (Å²) >= 11 is 0. The molecule has 4 aliphatic rings. The maximum atomic E-state index is 14.3. The van der Waals surface area contributed by atoms with Crippen LogP contribution < -0.4 is 4.90 Å². The van der Waals surface area contributed by atoms with Crippen molar-refractivity contribution in [3.63, 3.8) is 0 Å². The Morgan fingerprint density at radius 3 is 2.40 bits per heavy atom. The lowest BCUT2D eigenvalue weighted by Gasteiger charge is -2.43. The van der Waals surface area contributed by atoms with Gasteiger partial charge in [-0.15, -0.1) is 0 Å². The van der Waals surface area contributed by atoms with Crippen molar-refractivity contribution in [1.29, 1.82) is 0 Å². The topological polar surface area (TPSA) is 73.4 Å². The summed E-state index contributed by atoms with van der Waals surface area (Å²) in [4.78, 5) is 48.7. The Kier molecular flexibility index (Phi) is 8.81. The maximum Gasteiger partial charge on any atom is 0.338 e. The molecule has 0 radical (unpaired) electrons. The maximum absolute atomic E-state index is 14.3. The molecule has 8 nitrogen and oxygen atoms in total. The third-order valence-electron chi connectivity index (χ3n) is 10.0. The molecule has 2 aromatic carbocycles. The second-order valence-electron chi connectivity index (χ2n) is 14.9. The number of likely N-dealkylation sites (tertiary alicyclic amines) is 1. The summed E-state index contributed by atoms with van der Waals surface area (Å²) in [5, 5.41) is 0. The monoisotopic (exact) mass is 642 g/mol. The Balaban J connectivity index is 1.13. The Hall–Kier alpha value is -3.98. The molecule has 0 bridgehead atoms. The van der Waals surface area contributed by atoms with Crippen LogP contribution in [0.25, 0.3) is 0 Å².